The number of nitrogens with zero attached hydrogens (tertiary/aromatic N) is 1. The van der Waals surface area contributed by atoms with Crippen molar-refractivity contribution >= 4 is 11.7 Å². The Morgan fingerprint density at radius 2 is 1.92 bits per heavy atom. The highest BCUT2D eigenvalue weighted by atomic mass is 16.5. The van der Waals surface area contributed by atoms with E-state index < -0.39 is 0 Å². The second-order valence-corrected chi connectivity index (χ2v) is 8.03. The van der Waals surface area contributed by atoms with E-state index in [1.807, 2.05) is 31.2 Å². The van der Waals surface area contributed by atoms with Gasteiger partial charge < -0.3 is 15.4 Å². The van der Waals surface area contributed by atoms with Gasteiger partial charge in [-0.05, 0) is 50.7 Å². The predicted molar refractivity (Wildman–Crippen MR) is 106 cm³/mol. The SMILES string of the molecule is CCOc1ccccc1NC(=O)NC1C[C@@H]2CCC[C@@H](C1)N2CC(C)C. The van der Waals surface area contributed by atoms with E-state index >= 15 is 0 Å². The normalized spacial score (nSPS) is 25.8. The Morgan fingerprint density at radius 1 is 1.23 bits per heavy atom. The third kappa shape index (κ3) is 4.70. The van der Waals surface area contributed by atoms with Crippen LogP contribution in [-0.4, -0.2) is 42.2 Å². The number of fused-ring (bicyclic) bond motifs is 2. The molecule has 0 unspecified atom stereocenters. The van der Waals surface area contributed by atoms with Gasteiger partial charge in [0.2, 0.25) is 0 Å². The zero-order valence-corrected chi connectivity index (χ0v) is 16.3. The zero-order chi connectivity index (χ0) is 18.5. The summed E-state index contributed by atoms with van der Waals surface area (Å²) >= 11 is 0. The minimum Gasteiger partial charge on any atom is -0.492 e. The van der Waals surface area contributed by atoms with Gasteiger partial charge in [-0.1, -0.05) is 32.4 Å². The molecular formula is C21H33N3O2. The van der Waals surface area contributed by atoms with Crippen LogP contribution in [0.1, 0.15) is 52.9 Å². The number of ether oxygens (including phenoxy) is 1. The van der Waals surface area contributed by atoms with Crippen LogP contribution in [0.15, 0.2) is 24.3 Å². The zero-order valence-electron chi connectivity index (χ0n) is 16.3. The average molecular weight is 360 g/mol. The maximum atomic E-state index is 12.5. The van der Waals surface area contributed by atoms with E-state index in [0.717, 1.165) is 18.5 Å². The molecule has 144 valence electrons. The number of urea groups is 1. The molecule has 2 atom stereocenters. The molecule has 2 fully saturated rings. The van der Waals surface area contributed by atoms with Crippen LogP contribution in [0.2, 0.25) is 0 Å². The lowest BCUT2D eigenvalue weighted by Crippen LogP contribution is -2.58. The Balaban J connectivity index is 1.57. The molecule has 2 N–H and O–H groups in total. The highest BCUT2D eigenvalue weighted by Gasteiger charge is 2.38. The first-order valence-electron chi connectivity index (χ1n) is 10.1. The smallest absolute Gasteiger partial charge is 0.319 e. The summed E-state index contributed by atoms with van der Waals surface area (Å²) in [7, 11) is 0. The van der Waals surface area contributed by atoms with Gasteiger partial charge in [0.1, 0.15) is 5.75 Å². The van der Waals surface area contributed by atoms with Crippen LogP contribution in [0, 0.1) is 5.92 Å². The minimum atomic E-state index is -0.127. The van der Waals surface area contributed by atoms with E-state index in [0.29, 0.717) is 30.4 Å². The number of anilines is 1. The number of rotatable bonds is 6. The summed E-state index contributed by atoms with van der Waals surface area (Å²) in [6.45, 7) is 8.29. The summed E-state index contributed by atoms with van der Waals surface area (Å²) in [5.41, 5.74) is 0.726. The molecule has 2 aliphatic rings. The maximum absolute atomic E-state index is 12.5. The summed E-state index contributed by atoms with van der Waals surface area (Å²) in [6, 6.07) is 8.95. The van der Waals surface area contributed by atoms with Crippen molar-refractivity contribution < 1.29 is 9.53 Å². The lowest BCUT2D eigenvalue weighted by molar-refractivity contribution is 0.0180. The van der Waals surface area contributed by atoms with Gasteiger partial charge in [-0.2, -0.15) is 0 Å². The third-order valence-electron chi connectivity index (χ3n) is 5.47. The molecule has 2 amide bonds. The molecule has 5 heteroatoms. The maximum Gasteiger partial charge on any atom is 0.319 e. The Morgan fingerprint density at radius 3 is 2.58 bits per heavy atom. The van der Waals surface area contributed by atoms with Crippen molar-refractivity contribution in [1.29, 1.82) is 0 Å². The molecule has 0 spiro atoms. The first kappa shape index (κ1) is 19.0. The van der Waals surface area contributed by atoms with Gasteiger partial charge in [0.05, 0.1) is 12.3 Å². The average Bonchev–Trinajstić information content (AvgIpc) is 2.57. The highest BCUT2D eigenvalue weighted by molar-refractivity contribution is 5.91. The number of benzene rings is 1. The van der Waals surface area contributed by atoms with E-state index in [1.165, 1.54) is 25.8 Å². The van der Waals surface area contributed by atoms with E-state index in [-0.39, 0.29) is 12.1 Å². The van der Waals surface area contributed by atoms with Crippen LogP contribution in [0.5, 0.6) is 5.75 Å². The first-order chi connectivity index (χ1) is 12.6. The Labute approximate surface area is 157 Å². The molecule has 2 heterocycles. The van der Waals surface area contributed by atoms with E-state index in [2.05, 4.69) is 29.4 Å². The summed E-state index contributed by atoms with van der Waals surface area (Å²) in [4.78, 5) is 15.2. The fourth-order valence-corrected chi connectivity index (χ4v) is 4.51. The van der Waals surface area contributed by atoms with Crippen molar-refractivity contribution in [3.05, 3.63) is 24.3 Å². The van der Waals surface area contributed by atoms with Crippen LogP contribution >= 0.6 is 0 Å². The molecule has 26 heavy (non-hydrogen) atoms. The summed E-state index contributed by atoms with van der Waals surface area (Å²) in [6.07, 6.45) is 5.96. The highest BCUT2D eigenvalue weighted by Crippen LogP contribution is 2.34. The molecular weight excluding hydrogens is 326 g/mol. The van der Waals surface area contributed by atoms with Crippen LogP contribution < -0.4 is 15.4 Å². The summed E-state index contributed by atoms with van der Waals surface area (Å²) < 4.78 is 5.59. The van der Waals surface area contributed by atoms with Crippen molar-refractivity contribution in [3.63, 3.8) is 0 Å². The number of hydrogen-bond acceptors (Lipinski definition) is 3. The van der Waals surface area contributed by atoms with Crippen LogP contribution in [-0.2, 0) is 0 Å². The fraction of sp³-hybridized carbons (Fsp3) is 0.667. The number of hydrogen-bond donors (Lipinski definition) is 2. The van der Waals surface area contributed by atoms with Crippen LogP contribution in [0.4, 0.5) is 10.5 Å². The topological polar surface area (TPSA) is 53.6 Å². The van der Waals surface area contributed by atoms with Crippen LogP contribution in [0.3, 0.4) is 0 Å². The third-order valence-corrected chi connectivity index (χ3v) is 5.47. The van der Waals surface area contributed by atoms with E-state index in [1.54, 1.807) is 0 Å². The van der Waals surface area contributed by atoms with Gasteiger partial charge in [-0.3, -0.25) is 4.90 Å². The number of para-hydroxylation sites is 2. The van der Waals surface area contributed by atoms with Gasteiger partial charge in [0.15, 0.2) is 0 Å². The van der Waals surface area contributed by atoms with E-state index in [4.69, 9.17) is 4.74 Å². The monoisotopic (exact) mass is 359 g/mol. The molecule has 0 radical (unpaired) electrons. The van der Waals surface area contributed by atoms with Gasteiger partial charge in [0, 0.05) is 24.7 Å². The largest absolute Gasteiger partial charge is 0.492 e. The first-order valence-corrected chi connectivity index (χ1v) is 10.1. The number of amides is 2. The molecule has 5 nitrogen and oxygen atoms in total. The van der Waals surface area contributed by atoms with Crippen molar-refractivity contribution in [2.24, 2.45) is 5.92 Å². The molecule has 2 bridgehead atoms. The molecule has 0 aliphatic carbocycles. The Hall–Kier alpha value is -1.75. The molecule has 2 aliphatic heterocycles. The van der Waals surface area contributed by atoms with Crippen molar-refractivity contribution in [2.75, 3.05) is 18.5 Å². The lowest BCUT2D eigenvalue weighted by Gasteiger charge is -2.49. The number of carbonyl (C=O) groups excluding carboxylic acids is 1. The van der Waals surface area contributed by atoms with E-state index in [9.17, 15) is 4.79 Å². The van der Waals surface area contributed by atoms with Crippen molar-refractivity contribution in [3.8, 4) is 5.75 Å². The lowest BCUT2D eigenvalue weighted by atomic mass is 9.81. The fourth-order valence-electron chi connectivity index (χ4n) is 4.51. The number of carbonyl (C=O) groups is 1. The summed E-state index contributed by atoms with van der Waals surface area (Å²) in [5.74, 6) is 1.41. The van der Waals surface area contributed by atoms with Crippen molar-refractivity contribution in [1.82, 2.24) is 10.2 Å². The number of nitrogens with one attached hydrogen (secondary N) is 2. The second-order valence-electron chi connectivity index (χ2n) is 8.03. The molecule has 2 saturated heterocycles. The van der Waals surface area contributed by atoms with Crippen molar-refractivity contribution in [2.45, 2.75) is 71.0 Å². The molecule has 1 aromatic rings. The second kappa shape index (κ2) is 8.76. The quantitative estimate of drug-likeness (QED) is 0.798. The standard InChI is InChI=1S/C21H33N3O2/c1-4-26-20-11-6-5-10-19(20)23-21(25)22-16-12-17-8-7-9-18(13-16)24(17)14-15(2)3/h5-6,10-11,15-18H,4,7-9,12-14H2,1-3H3,(H2,22,23,25)/t17-,18-/m0/s1. The van der Waals surface area contributed by atoms with Gasteiger partial charge in [0.25, 0.3) is 0 Å². The van der Waals surface area contributed by atoms with Gasteiger partial charge in [-0.25, -0.2) is 4.79 Å². The summed E-state index contributed by atoms with van der Waals surface area (Å²) in [5, 5.41) is 6.17. The van der Waals surface area contributed by atoms with Crippen LogP contribution in [0.25, 0.3) is 0 Å². The molecule has 3 rings (SSSR count). The van der Waals surface area contributed by atoms with Gasteiger partial charge in [-0.15, -0.1) is 0 Å². The molecule has 0 saturated carbocycles. The molecule has 0 aromatic heterocycles. The Kier molecular flexibility index (Phi) is 6.41. The predicted octanol–water partition coefficient (Wildman–Crippen LogP) is 4.25. The van der Waals surface area contributed by atoms with Gasteiger partial charge >= 0.3 is 6.03 Å². The minimum absolute atomic E-state index is 0.127. The Bertz CT molecular complexity index is 591. The number of piperidine rings is 2. The molecule has 1 aromatic carbocycles.